The summed E-state index contributed by atoms with van der Waals surface area (Å²) >= 11 is 0. The minimum atomic E-state index is 0.438. The van der Waals surface area contributed by atoms with E-state index in [2.05, 4.69) is 31.0 Å². The number of hydrogen-bond donors (Lipinski definition) is 0. The lowest BCUT2D eigenvalue weighted by atomic mass is 10.0. The average Bonchev–Trinajstić information content (AvgIpc) is 2.62. The summed E-state index contributed by atoms with van der Waals surface area (Å²) in [5.74, 6) is 2.85. The van der Waals surface area contributed by atoms with Crippen molar-refractivity contribution >= 4 is 0 Å². The van der Waals surface area contributed by atoms with Crippen molar-refractivity contribution in [3.63, 3.8) is 0 Å². The van der Waals surface area contributed by atoms with Crippen LogP contribution in [0.3, 0.4) is 0 Å². The summed E-state index contributed by atoms with van der Waals surface area (Å²) in [6.45, 7) is 4.80. The molecule has 0 aliphatic rings. The first-order chi connectivity index (χ1) is 11.7. The maximum atomic E-state index is 5.91. The van der Waals surface area contributed by atoms with Crippen molar-refractivity contribution < 1.29 is 9.47 Å². The van der Waals surface area contributed by atoms with Crippen molar-refractivity contribution in [3.05, 3.63) is 84.2 Å². The first-order valence-electron chi connectivity index (χ1n) is 8.11. The van der Waals surface area contributed by atoms with Gasteiger partial charge in [-0.25, -0.2) is 0 Å². The van der Waals surface area contributed by atoms with Gasteiger partial charge in [0.1, 0.15) is 23.9 Å². The van der Waals surface area contributed by atoms with Crippen LogP contribution in [0, 0.1) is 0 Å². The molecule has 122 valence electrons. The molecule has 0 fully saturated rings. The SMILES string of the molecule is CC(C)c1ccc(Oc2cccc(OCc3ccccn3)c2)cc1. The Hall–Kier alpha value is -2.81. The van der Waals surface area contributed by atoms with E-state index in [1.807, 2.05) is 54.6 Å². The molecule has 0 N–H and O–H groups in total. The van der Waals surface area contributed by atoms with E-state index in [4.69, 9.17) is 9.47 Å². The van der Waals surface area contributed by atoms with E-state index in [0.29, 0.717) is 12.5 Å². The maximum absolute atomic E-state index is 5.91. The number of nitrogens with zero attached hydrogens (tertiary/aromatic N) is 1. The molecule has 0 atom stereocenters. The van der Waals surface area contributed by atoms with Crippen LogP contribution in [0.4, 0.5) is 0 Å². The smallest absolute Gasteiger partial charge is 0.131 e. The van der Waals surface area contributed by atoms with Gasteiger partial charge in [0.2, 0.25) is 0 Å². The van der Waals surface area contributed by atoms with Crippen LogP contribution in [0.1, 0.15) is 31.0 Å². The molecular weight excluding hydrogens is 298 g/mol. The third-order valence-electron chi connectivity index (χ3n) is 3.70. The molecule has 0 bridgehead atoms. The molecule has 0 amide bonds. The van der Waals surface area contributed by atoms with Crippen LogP contribution >= 0.6 is 0 Å². The zero-order valence-electron chi connectivity index (χ0n) is 14.0. The first-order valence-corrected chi connectivity index (χ1v) is 8.11. The predicted octanol–water partition coefficient (Wildman–Crippen LogP) is 5.58. The molecule has 0 aliphatic heterocycles. The fraction of sp³-hybridized carbons (Fsp3) is 0.190. The van der Waals surface area contributed by atoms with Crippen LogP contribution in [0.5, 0.6) is 17.2 Å². The number of hydrogen-bond acceptors (Lipinski definition) is 3. The Labute approximate surface area is 142 Å². The summed E-state index contributed by atoms with van der Waals surface area (Å²) in [4.78, 5) is 4.25. The van der Waals surface area contributed by atoms with Crippen LogP contribution in [0.25, 0.3) is 0 Å². The van der Waals surface area contributed by atoms with Gasteiger partial charge in [-0.3, -0.25) is 4.98 Å². The van der Waals surface area contributed by atoms with E-state index in [-0.39, 0.29) is 0 Å². The van der Waals surface area contributed by atoms with E-state index in [1.54, 1.807) is 6.20 Å². The second-order valence-corrected chi connectivity index (χ2v) is 5.91. The van der Waals surface area contributed by atoms with Crippen molar-refractivity contribution in [2.75, 3.05) is 0 Å². The normalized spacial score (nSPS) is 10.6. The third-order valence-corrected chi connectivity index (χ3v) is 3.70. The molecule has 0 saturated heterocycles. The Bertz CT molecular complexity index is 767. The van der Waals surface area contributed by atoms with Gasteiger partial charge in [-0.2, -0.15) is 0 Å². The summed E-state index contributed by atoms with van der Waals surface area (Å²) in [5.41, 5.74) is 2.20. The average molecular weight is 319 g/mol. The van der Waals surface area contributed by atoms with Crippen LogP contribution in [0.15, 0.2) is 72.9 Å². The van der Waals surface area contributed by atoms with Crippen molar-refractivity contribution in [1.29, 1.82) is 0 Å². The molecule has 24 heavy (non-hydrogen) atoms. The fourth-order valence-electron chi connectivity index (χ4n) is 2.33. The molecule has 1 aromatic heterocycles. The van der Waals surface area contributed by atoms with Crippen molar-refractivity contribution in [1.82, 2.24) is 4.98 Å². The molecule has 0 spiro atoms. The molecule has 0 aliphatic carbocycles. The topological polar surface area (TPSA) is 31.4 Å². The van der Waals surface area contributed by atoms with E-state index < -0.39 is 0 Å². The Balaban J connectivity index is 1.64. The lowest BCUT2D eigenvalue weighted by molar-refractivity contribution is 0.300. The molecule has 0 saturated carbocycles. The Morgan fingerprint density at radius 1 is 0.833 bits per heavy atom. The number of benzene rings is 2. The molecule has 2 aromatic carbocycles. The Kier molecular flexibility index (Phi) is 5.12. The highest BCUT2D eigenvalue weighted by atomic mass is 16.5. The summed E-state index contributed by atoms with van der Waals surface area (Å²) in [6, 6.07) is 21.6. The predicted molar refractivity (Wildman–Crippen MR) is 95.6 cm³/mol. The molecule has 0 radical (unpaired) electrons. The molecule has 3 nitrogen and oxygen atoms in total. The summed E-state index contributed by atoms with van der Waals surface area (Å²) in [5, 5.41) is 0. The molecule has 3 heteroatoms. The van der Waals surface area contributed by atoms with Crippen LogP contribution in [-0.4, -0.2) is 4.98 Å². The minimum Gasteiger partial charge on any atom is -0.487 e. The van der Waals surface area contributed by atoms with Gasteiger partial charge in [0.15, 0.2) is 0 Å². The van der Waals surface area contributed by atoms with Gasteiger partial charge in [-0.15, -0.1) is 0 Å². The first kappa shape index (κ1) is 16.1. The van der Waals surface area contributed by atoms with Gasteiger partial charge in [-0.05, 0) is 47.9 Å². The lowest BCUT2D eigenvalue weighted by Gasteiger charge is -2.10. The molecule has 3 rings (SSSR count). The van der Waals surface area contributed by atoms with Gasteiger partial charge < -0.3 is 9.47 Å². The summed E-state index contributed by atoms with van der Waals surface area (Å²) < 4.78 is 11.7. The van der Waals surface area contributed by atoms with Crippen LogP contribution < -0.4 is 9.47 Å². The van der Waals surface area contributed by atoms with Gasteiger partial charge >= 0.3 is 0 Å². The minimum absolute atomic E-state index is 0.438. The van der Waals surface area contributed by atoms with Crippen molar-refractivity contribution in [3.8, 4) is 17.2 Å². The van der Waals surface area contributed by atoms with E-state index in [1.165, 1.54) is 5.56 Å². The maximum Gasteiger partial charge on any atom is 0.131 e. The monoisotopic (exact) mass is 319 g/mol. The zero-order valence-corrected chi connectivity index (χ0v) is 14.0. The van der Waals surface area contributed by atoms with Gasteiger partial charge in [-0.1, -0.05) is 38.1 Å². The standard InChI is InChI=1S/C21H21NO2/c1-16(2)17-9-11-19(12-10-17)24-21-8-5-7-20(14-21)23-15-18-6-3-4-13-22-18/h3-14,16H,15H2,1-2H3. The van der Waals surface area contributed by atoms with E-state index >= 15 is 0 Å². The highest BCUT2D eigenvalue weighted by Crippen LogP contribution is 2.27. The second kappa shape index (κ2) is 7.64. The van der Waals surface area contributed by atoms with E-state index in [9.17, 15) is 0 Å². The van der Waals surface area contributed by atoms with Crippen LogP contribution in [0.2, 0.25) is 0 Å². The molecule has 3 aromatic rings. The van der Waals surface area contributed by atoms with Crippen LogP contribution in [-0.2, 0) is 6.61 Å². The Morgan fingerprint density at radius 3 is 2.33 bits per heavy atom. The third kappa shape index (κ3) is 4.35. The number of rotatable bonds is 6. The summed E-state index contributed by atoms with van der Waals surface area (Å²) in [6.07, 6.45) is 1.76. The zero-order chi connectivity index (χ0) is 16.8. The number of aromatic nitrogens is 1. The highest BCUT2D eigenvalue weighted by Gasteiger charge is 2.03. The highest BCUT2D eigenvalue weighted by molar-refractivity contribution is 5.38. The van der Waals surface area contributed by atoms with Crippen molar-refractivity contribution in [2.45, 2.75) is 26.4 Å². The van der Waals surface area contributed by atoms with Gasteiger partial charge in [0.25, 0.3) is 0 Å². The summed E-state index contributed by atoms with van der Waals surface area (Å²) in [7, 11) is 0. The number of pyridine rings is 1. The van der Waals surface area contributed by atoms with E-state index in [0.717, 1.165) is 22.9 Å². The molecular formula is C21H21NO2. The second-order valence-electron chi connectivity index (χ2n) is 5.91. The quantitative estimate of drug-likeness (QED) is 0.594. The van der Waals surface area contributed by atoms with Crippen molar-refractivity contribution in [2.24, 2.45) is 0 Å². The fourth-order valence-corrected chi connectivity index (χ4v) is 2.33. The Morgan fingerprint density at radius 2 is 1.62 bits per heavy atom. The molecule has 0 unspecified atom stereocenters. The lowest BCUT2D eigenvalue weighted by Crippen LogP contribution is -1.97. The molecule has 1 heterocycles. The van der Waals surface area contributed by atoms with Gasteiger partial charge in [0, 0.05) is 12.3 Å². The van der Waals surface area contributed by atoms with Gasteiger partial charge in [0.05, 0.1) is 5.69 Å². The number of ether oxygens (including phenoxy) is 2. The largest absolute Gasteiger partial charge is 0.487 e.